The van der Waals surface area contributed by atoms with E-state index in [1.54, 1.807) is 17.0 Å². The van der Waals surface area contributed by atoms with Crippen molar-refractivity contribution < 1.29 is 9.72 Å². The Balaban J connectivity index is 2.05. The Kier molecular flexibility index (Phi) is 5.27. The molecule has 0 aliphatic carbocycles. The number of nitrogens with zero attached hydrogens (tertiary/aromatic N) is 2. The first kappa shape index (κ1) is 15.4. The monoisotopic (exact) mass is 291 g/mol. The maximum atomic E-state index is 12.1. The van der Waals surface area contributed by atoms with Crippen LogP contribution in [0.2, 0.25) is 0 Å². The molecule has 1 aliphatic heterocycles. The molecular formula is C15H21N3O3. The zero-order chi connectivity index (χ0) is 15.2. The van der Waals surface area contributed by atoms with E-state index in [0.717, 1.165) is 37.2 Å². The van der Waals surface area contributed by atoms with Crippen LogP contribution in [0.25, 0.3) is 0 Å². The first-order chi connectivity index (χ1) is 10.1. The molecule has 0 radical (unpaired) electrons. The Morgan fingerprint density at radius 3 is 2.86 bits per heavy atom. The summed E-state index contributed by atoms with van der Waals surface area (Å²) in [4.78, 5) is 24.3. The first-order valence-corrected chi connectivity index (χ1v) is 7.42. The number of fused-ring (bicyclic) bond motifs is 1. The summed E-state index contributed by atoms with van der Waals surface area (Å²) < 4.78 is 0. The van der Waals surface area contributed by atoms with Crippen LogP contribution in [0, 0.1) is 10.1 Å². The summed E-state index contributed by atoms with van der Waals surface area (Å²) in [6.07, 6.45) is 2.98. The van der Waals surface area contributed by atoms with Crippen LogP contribution >= 0.6 is 0 Å². The normalized spacial score (nSPS) is 14.1. The molecule has 1 N–H and O–H groups in total. The van der Waals surface area contributed by atoms with Crippen molar-refractivity contribution in [3.63, 3.8) is 0 Å². The summed E-state index contributed by atoms with van der Waals surface area (Å²) in [6, 6.07) is 4.76. The number of carbonyl (C=O) groups excluding carboxylic acids is 1. The molecule has 0 bridgehead atoms. The number of hydrogen-bond acceptors (Lipinski definition) is 4. The first-order valence-electron chi connectivity index (χ1n) is 7.42. The Hall–Kier alpha value is -1.95. The number of nitro groups is 1. The fraction of sp³-hybridized carbons (Fsp3) is 0.533. The molecule has 0 fully saturated rings. The number of aryl methyl sites for hydroxylation is 1. The van der Waals surface area contributed by atoms with Gasteiger partial charge in [0, 0.05) is 30.8 Å². The van der Waals surface area contributed by atoms with Gasteiger partial charge in [-0.05, 0) is 44.0 Å². The van der Waals surface area contributed by atoms with E-state index >= 15 is 0 Å². The molecular weight excluding hydrogens is 270 g/mol. The highest BCUT2D eigenvalue weighted by molar-refractivity contribution is 5.96. The molecule has 1 heterocycles. The van der Waals surface area contributed by atoms with E-state index in [2.05, 4.69) is 12.2 Å². The smallest absolute Gasteiger partial charge is 0.269 e. The van der Waals surface area contributed by atoms with Gasteiger partial charge in [-0.2, -0.15) is 0 Å². The summed E-state index contributed by atoms with van der Waals surface area (Å²) in [5.74, 6) is 0.104. The van der Waals surface area contributed by atoms with E-state index < -0.39 is 4.92 Å². The topological polar surface area (TPSA) is 75.5 Å². The van der Waals surface area contributed by atoms with Gasteiger partial charge < -0.3 is 10.2 Å². The highest BCUT2D eigenvalue weighted by atomic mass is 16.6. The van der Waals surface area contributed by atoms with Gasteiger partial charge in [0.15, 0.2) is 0 Å². The quantitative estimate of drug-likeness (QED) is 0.475. The van der Waals surface area contributed by atoms with E-state index in [9.17, 15) is 14.9 Å². The van der Waals surface area contributed by atoms with Crippen LogP contribution in [0.15, 0.2) is 18.2 Å². The minimum absolute atomic E-state index is 0.0904. The summed E-state index contributed by atoms with van der Waals surface area (Å²) in [7, 11) is 0. The van der Waals surface area contributed by atoms with Crippen LogP contribution in [-0.2, 0) is 11.2 Å². The molecule has 1 aliphatic rings. The fourth-order valence-corrected chi connectivity index (χ4v) is 2.57. The van der Waals surface area contributed by atoms with Crippen LogP contribution in [0.5, 0.6) is 0 Å². The number of amides is 1. The molecule has 0 unspecified atom stereocenters. The summed E-state index contributed by atoms with van der Waals surface area (Å²) >= 11 is 0. The number of carbonyl (C=O) groups is 1. The summed E-state index contributed by atoms with van der Waals surface area (Å²) in [6.45, 7) is 4.63. The molecule has 0 saturated heterocycles. The Morgan fingerprint density at radius 1 is 1.33 bits per heavy atom. The van der Waals surface area contributed by atoms with E-state index in [-0.39, 0.29) is 11.6 Å². The van der Waals surface area contributed by atoms with Gasteiger partial charge in [-0.15, -0.1) is 0 Å². The zero-order valence-electron chi connectivity index (χ0n) is 12.3. The van der Waals surface area contributed by atoms with Gasteiger partial charge >= 0.3 is 0 Å². The molecule has 2 rings (SSSR count). The molecule has 0 atom stereocenters. The van der Waals surface area contributed by atoms with Crippen molar-refractivity contribution in [2.24, 2.45) is 0 Å². The minimum Gasteiger partial charge on any atom is -0.317 e. The number of anilines is 1. The molecule has 1 aromatic rings. The summed E-state index contributed by atoms with van der Waals surface area (Å²) in [5, 5.41) is 14.1. The highest BCUT2D eigenvalue weighted by Gasteiger charge is 2.25. The number of benzene rings is 1. The minimum atomic E-state index is -0.393. The van der Waals surface area contributed by atoms with Crippen LogP contribution in [0.1, 0.15) is 31.7 Å². The van der Waals surface area contributed by atoms with Crippen LogP contribution in [-0.4, -0.2) is 30.5 Å². The maximum absolute atomic E-state index is 12.1. The number of hydrogen-bond donors (Lipinski definition) is 1. The lowest BCUT2D eigenvalue weighted by molar-refractivity contribution is -0.384. The van der Waals surface area contributed by atoms with Crippen molar-refractivity contribution in [2.75, 3.05) is 24.5 Å². The van der Waals surface area contributed by atoms with E-state index in [1.165, 1.54) is 6.07 Å². The standard InChI is InChI=1S/C15H21N3O3/c1-2-8-16-9-3-10-17-14-6-5-13(18(20)21)11-12(14)4-7-15(17)19/h5-6,11,16H,2-4,7-10H2,1H3. The molecule has 114 valence electrons. The van der Waals surface area contributed by atoms with Crippen molar-refractivity contribution in [3.8, 4) is 0 Å². The molecule has 6 heteroatoms. The molecule has 0 saturated carbocycles. The lowest BCUT2D eigenvalue weighted by Gasteiger charge is -2.29. The van der Waals surface area contributed by atoms with Gasteiger partial charge in [0.25, 0.3) is 5.69 Å². The third-order valence-electron chi connectivity index (χ3n) is 3.64. The average Bonchev–Trinajstić information content (AvgIpc) is 2.48. The van der Waals surface area contributed by atoms with Gasteiger partial charge in [-0.25, -0.2) is 0 Å². The van der Waals surface area contributed by atoms with E-state index in [4.69, 9.17) is 0 Å². The maximum Gasteiger partial charge on any atom is 0.269 e. The molecule has 1 aromatic carbocycles. The van der Waals surface area contributed by atoms with Crippen molar-refractivity contribution >= 4 is 17.3 Å². The number of nitro benzene ring substituents is 1. The summed E-state index contributed by atoms with van der Waals surface area (Å²) in [5.41, 5.74) is 1.81. The van der Waals surface area contributed by atoms with E-state index in [0.29, 0.717) is 19.4 Å². The van der Waals surface area contributed by atoms with Gasteiger partial charge in [0.2, 0.25) is 5.91 Å². The second kappa shape index (κ2) is 7.17. The largest absolute Gasteiger partial charge is 0.317 e. The highest BCUT2D eigenvalue weighted by Crippen LogP contribution is 2.31. The predicted octanol–water partition coefficient (Wildman–Crippen LogP) is 2.26. The molecule has 0 spiro atoms. The fourth-order valence-electron chi connectivity index (χ4n) is 2.57. The second-order valence-corrected chi connectivity index (χ2v) is 5.22. The predicted molar refractivity (Wildman–Crippen MR) is 81.5 cm³/mol. The van der Waals surface area contributed by atoms with Crippen molar-refractivity contribution in [1.82, 2.24) is 5.32 Å². The number of nitrogens with one attached hydrogen (secondary N) is 1. The Bertz CT molecular complexity index is 531. The zero-order valence-corrected chi connectivity index (χ0v) is 12.3. The number of non-ortho nitro benzene ring substituents is 1. The van der Waals surface area contributed by atoms with Crippen molar-refractivity contribution in [1.29, 1.82) is 0 Å². The number of rotatable bonds is 7. The molecule has 21 heavy (non-hydrogen) atoms. The lowest BCUT2D eigenvalue weighted by Crippen LogP contribution is -2.37. The van der Waals surface area contributed by atoms with Gasteiger partial charge in [0.1, 0.15) is 0 Å². The van der Waals surface area contributed by atoms with Crippen LogP contribution in [0.3, 0.4) is 0 Å². The lowest BCUT2D eigenvalue weighted by atomic mass is 10.00. The van der Waals surface area contributed by atoms with Gasteiger partial charge in [-0.1, -0.05) is 6.92 Å². The van der Waals surface area contributed by atoms with Crippen molar-refractivity contribution in [3.05, 3.63) is 33.9 Å². The van der Waals surface area contributed by atoms with E-state index in [1.807, 2.05) is 0 Å². The third-order valence-corrected chi connectivity index (χ3v) is 3.64. The SMILES string of the molecule is CCCNCCCN1C(=O)CCc2cc([N+](=O)[O-])ccc21. The second-order valence-electron chi connectivity index (χ2n) is 5.22. The van der Waals surface area contributed by atoms with Crippen LogP contribution < -0.4 is 10.2 Å². The van der Waals surface area contributed by atoms with Crippen molar-refractivity contribution in [2.45, 2.75) is 32.6 Å². The molecule has 0 aromatic heterocycles. The average molecular weight is 291 g/mol. The Morgan fingerprint density at radius 2 is 2.14 bits per heavy atom. The Labute approximate surface area is 124 Å². The van der Waals surface area contributed by atoms with Gasteiger partial charge in [0.05, 0.1) is 4.92 Å². The van der Waals surface area contributed by atoms with Crippen LogP contribution in [0.4, 0.5) is 11.4 Å². The molecule has 6 nitrogen and oxygen atoms in total. The third kappa shape index (κ3) is 3.78. The van der Waals surface area contributed by atoms with Gasteiger partial charge in [-0.3, -0.25) is 14.9 Å². The molecule has 1 amide bonds.